The summed E-state index contributed by atoms with van der Waals surface area (Å²) in [7, 11) is 1.63. The zero-order chi connectivity index (χ0) is 15.2. The second-order valence-electron chi connectivity index (χ2n) is 4.41. The zero-order valence-corrected chi connectivity index (χ0v) is 12.7. The van der Waals surface area contributed by atoms with Crippen molar-refractivity contribution in [2.75, 3.05) is 30.1 Å². The molecule has 110 valence electrons. The number of likely N-dealkylation sites (N-methyl/N-ethyl adjacent to an activating group) is 1. The lowest BCUT2D eigenvalue weighted by Crippen LogP contribution is -2.31. The molecule has 1 aromatic heterocycles. The molecular weight excluding hydrogens is 289 g/mol. The van der Waals surface area contributed by atoms with Gasteiger partial charge in [0.25, 0.3) is 0 Å². The number of rotatable bonds is 5. The molecule has 1 amide bonds. The fourth-order valence-corrected chi connectivity index (χ4v) is 2.44. The van der Waals surface area contributed by atoms with Gasteiger partial charge in [0.2, 0.25) is 5.91 Å². The smallest absolute Gasteiger partial charge is 0.243 e. The van der Waals surface area contributed by atoms with Crippen molar-refractivity contribution in [1.82, 2.24) is 4.98 Å². The van der Waals surface area contributed by atoms with Crippen LogP contribution in [0.5, 0.6) is 0 Å². The maximum absolute atomic E-state index is 13.6. The van der Waals surface area contributed by atoms with Gasteiger partial charge < -0.3 is 10.2 Å². The van der Waals surface area contributed by atoms with Gasteiger partial charge in [-0.05, 0) is 30.5 Å². The molecule has 0 aliphatic rings. The summed E-state index contributed by atoms with van der Waals surface area (Å²) >= 11 is 1.55. The van der Waals surface area contributed by atoms with Gasteiger partial charge in [-0.3, -0.25) is 4.79 Å². The Morgan fingerprint density at radius 2 is 2.10 bits per heavy atom. The predicted molar refractivity (Wildman–Crippen MR) is 84.3 cm³/mol. The number of aromatic nitrogens is 1. The van der Waals surface area contributed by atoms with Crippen molar-refractivity contribution in [2.24, 2.45) is 0 Å². The van der Waals surface area contributed by atoms with Gasteiger partial charge >= 0.3 is 0 Å². The van der Waals surface area contributed by atoms with Crippen LogP contribution in [-0.2, 0) is 4.79 Å². The molecule has 21 heavy (non-hydrogen) atoms. The maximum atomic E-state index is 13.6. The number of pyridine rings is 1. The average Bonchev–Trinajstić information content (AvgIpc) is 2.48. The van der Waals surface area contributed by atoms with Crippen LogP contribution in [0.1, 0.15) is 0 Å². The Labute approximate surface area is 127 Å². The number of para-hydroxylation sites is 1. The highest BCUT2D eigenvalue weighted by Gasteiger charge is 2.13. The van der Waals surface area contributed by atoms with Gasteiger partial charge in [0.1, 0.15) is 0 Å². The average molecular weight is 305 g/mol. The number of thioether (sulfide) groups is 1. The monoisotopic (exact) mass is 305 g/mol. The van der Waals surface area contributed by atoms with E-state index in [1.807, 2.05) is 30.5 Å². The lowest BCUT2D eigenvalue weighted by atomic mass is 10.3. The Balaban J connectivity index is 2.03. The maximum Gasteiger partial charge on any atom is 0.243 e. The van der Waals surface area contributed by atoms with Crippen LogP contribution in [0.25, 0.3) is 0 Å². The van der Waals surface area contributed by atoms with Crippen LogP contribution in [0.15, 0.2) is 47.5 Å². The standard InChI is InChI=1S/C15H16FN3OS/c1-19(15-11(16)6-5-9-17-15)10-14(20)18-12-7-3-4-8-13(12)21-2/h3-9H,10H2,1-2H3,(H,18,20). The first-order valence-electron chi connectivity index (χ1n) is 6.36. The van der Waals surface area contributed by atoms with E-state index in [0.29, 0.717) is 0 Å². The topological polar surface area (TPSA) is 45.2 Å². The largest absolute Gasteiger partial charge is 0.348 e. The highest BCUT2D eigenvalue weighted by Crippen LogP contribution is 2.24. The van der Waals surface area contributed by atoms with Gasteiger partial charge in [0.05, 0.1) is 12.2 Å². The Morgan fingerprint density at radius 1 is 1.33 bits per heavy atom. The van der Waals surface area contributed by atoms with Crippen molar-refractivity contribution < 1.29 is 9.18 Å². The summed E-state index contributed by atoms with van der Waals surface area (Å²) < 4.78 is 13.6. The molecule has 0 bridgehead atoms. The lowest BCUT2D eigenvalue weighted by Gasteiger charge is -2.18. The zero-order valence-electron chi connectivity index (χ0n) is 11.8. The van der Waals surface area contributed by atoms with Crippen LogP contribution in [0.3, 0.4) is 0 Å². The third-order valence-corrected chi connectivity index (χ3v) is 3.66. The summed E-state index contributed by atoms with van der Waals surface area (Å²) in [4.78, 5) is 18.5. The molecule has 0 spiro atoms. The number of benzene rings is 1. The second kappa shape index (κ2) is 7.08. The van der Waals surface area contributed by atoms with Crippen LogP contribution < -0.4 is 10.2 Å². The predicted octanol–water partition coefficient (Wildman–Crippen LogP) is 3.02. The van der Waals surface area contributed by atoms with Crippen molar-refractivity contribution in [1.29, 1.82) is 0 Å². The number of carbonyl (C=O) groups is 1. The minimum absolute atomic E-state index is 0.0245. The van der Waals surface area contributed by atoms with E-state index in [9.17, 15) is 9.18 Å². The number of nitrogens with zero attached hydrogens (tertiary/aromatic N) is 2. The summed E-state index contributed by atoms with van der Waals surface area (Å²) in [6, 6.07) is 10.4. The van der Waals surface area contributed by atoms with E-state index >= 15 is 0 Å². The van der Waals surface area contributed by atoms with Crippen LogP contribution >= 0.6 is 11.8 Å². The second-order valence-corrected chi connectivity index (χ2v) is 5.26. The Bertz CT molecular complexity index is 636. The molecule has 1 aromatic carbocycles. The molecule has 0 aliphatic carbocycles. The van der Waals surface area contributed by atoms with E-state index in [1.165, 1.54) is 23.2 Å². The van der Waals surface area contributed by atoms with Crippen molar-refractivity contribution in [3.8, 4) is 0 Å². The Hall–Kier alpha value is -2.08. The van der Waals surface area contributed by atoms with Gasteiger partial charge in [0.15, 0.2) is 11.6 Å². The minimum Gasteiger partial charge on any atom is -0.348 e. The molecule has 0 unspecified atom stereocenters. The number of hydrogen-bond acceptors (Lipinski definition) is 4. The number of hydrogen-bond donors (Lipinski definition) is 1. The number of carbonyl (C=O) groups excluding carboxylic acids is 1. The van der Waals surface area contributed by atoms with Crippen LogP contribution in [0.2, 0.25) is 0 Å². The highest BCUT2D eigenvalue weighted by molar-refractivity contribution is 7.98. The molecule has 0 fully saturated rings. The number of nitrogens with one attached hydrogen (secondary N) is 1. The van der Waals surface area contributed by atoms with Gasteiger partial charge in [-0.15, -0.1) is 11.8 Å². The van der Waals surface area contributed by atoms with E-state index < -0.39 is 5.82 Å². The Kier molecular flexibility index (Phi) is 5.16. The molecule has 1 heterocycles. The van der Waals surface area contributed by atoms with Crippen LogP contribution in [0.4, 0.5) is 15.9 Å². The fourth-order valence-electron chi connectivity index (χ4n) is 1.89. The van der Waals surface area contributed by atoms with Crippen LogP contribution in [0, 0.1) is 5.82 Å². The first-order valence-corrected chi connectivity index (χ1v) is 7.59. The molecule has 0 saturated carbocycles. The summed E-state index contributed by atoms with van der Waals surface area (Å²) in [6.45, 7) is 0.0245. The number of halogens is 1. The molecule has 0 saturated heterocycles. The lowest BCUT2D eigenvalue weighted by molar-refractivity contribution is -0.114. The van der Waals surface area contributed by atoms with Crippen molar-refractivity contribution >= 4 is 29.2 Å². The molecule has 0 radical (unpaired) electrons. The van der Waals surface area contributed by atoms with Crippen LogP contribution in [-0.4, -0.2) is 30.7 Å². The van der Waals surface area contributed by atoms with Crippen molar-refractivity contribution in [3.05, 3.63) is 48.4 Å². The summed E-state index contributed by atoms with van der Waals surface area (Å²) in [6.07, 6.45) is 3.44. The normalized spacial score (nSPS) is 10.2. The fraction of sp³-hybridized carbons (Fsp3) is 0.200. The van der Waals surface area contributed by atoms with E-state index in [-0.39, 0.29) is 18.3 Å². The van der Waals surface area contributed by atoms with E-state index in [2.05, 4.69) is 10.3 Å². The van der Waals surface area contributed by atoms with E-state index in [4.69, 9.17) is 0 Å². The molecule has 2 rings (SSSR count). The van der Waals surface area contributed by atoms with Gasteiger partial charge in [0, 0.05) is 18.1 Å². The molecule has 0 atom stereocenters. The SMILES string of the molecule is CSc1ccccc1NC(=O)CN(C)c1ncccc1F. The van der Waals surface area contributed by atoms with Crippen molar-refractivity contribution in [3.63, 3.8) is 0 Å². The third-order valence-electron chi connectivity index (χ3n) is 2.86. The quantitative estimate of drug-likeness (QED) is 0.863. The number of anilines is 2. The van der Waals surface area contributed by atoms with Gasteiger partial charge in [-0.25, -0.2) is 9.37 Å². The summed E-state index contributed by atoms with van der Waals surface area (Å²) in [5.41, 5.74) is 0.755. The molecule has 0 aliphatic heterocycles. The molecule has 4 nitrogen and oxygen atoms in total. The third kappa shape index (κ3) is 3.95. The molecule has 2 aromatic rings. The minimum atomic E-state index is -0.447. The van der Waals surface area contributed by atoms with Gasteiger partial charge in [-0.1, -0.05) is 12.1 Å². The summed E-state index contributed by atoms with van der Waals surface area (Å²) in [5, 5.41) is 2.83. The molecule has 1 N–H and O–H groups in total. The van der Waals surface area contributed by atoms with Gasteiger partial charge in [-0.2, -0.15) is 0 Å². The highest BCUT2D eigenvalue weighted by atomic mass is 32.2. The first-order chi connectivity index (χ1) is 10.1. The summed E-state index contributed by atoms with van der Waals surface area (Å²) in [5.74, 6) is -0.507. The van der Waals surface area contributed by atoms with E-state index in [1.54, 1.807) is 18.8 Å². The number of amides is 1. The van der Waals surface area contributed by atoms with E-state index in [0.717, 1.165) is 10.6 Å². The molecule has 6 heteroatoms. The van der Waals surface area contributed by atoms with Crippen molar-refractivity contribution in [2.45, 2.75) is 4.90 Å². The first kappa shape index (κ1) is 15.3. The molecular formula is C15H16FN3OS. The Morgan fingerprint density at radius 3 is 2.81 bits per heavy atom.